The van der Waals surface area contributed by atoms with Crippen LogP contribution in [0.2, 0.25) is 0 Å². The number of urea groups is 1. The fourth-order valence-corrected chi connectivity index (χ4v) is 6.23. The van der Waals surface area contributed by atoms with E-state index in [1.807, 2.05) is 45.9 Å². The third kappa shape index (κ3) is 5.08. The largest absolute Gasteiger partial charge is 0.497 e. The number of pyridine rings is 1. The van der Waals surface area contributed by atoms with Gasteiger partial charge in [-0.15, -0.1) is 0 Å². The van der Waals surface area contributed by atoms with Crippen LogP contribution in [-0.2, 0) is 6.54 Å². The number of hydrogen-bond donors (Lipinski definition) is 2. The average molecular weight is 528 g/mol. The molecule has 39 heavy (non-hydrogen) atoms. The second-order valence-electron chi connectivity index (χ2n) is 10.6. The summed E-state index contributed by atoms with van der Waals surface area (Å²) in [5.41, 5.74) is 3.74. The number of aromatic nitrogens is 1. The Morgan fingerprint density at radius 3 is 2.56 bits per heavy atom. The van der Waals surface area contributed by atoms with Crippen molar-refractivity contribution >= 4 is 29.0 Å². The van der Waals surface area contributed by atoms with E-state index in [9.17, 15) is 14.4 Å². The second-order valence-corrected chi connectivity index (χ2v) is 10.6. The number of ether oxygens (including phenoxy) is 1. The summed E-state index contributed by atoms with van der Waals surface area (Å²) < 4.78 is 7.18. The topological polar surface area (TPSA) is 95.9 Å². The summed E-state index contributed by atoms with van der Waals surface area (Å²) in [5, 5.41) is 5.89. The highest BCUT2D eigenvalue weighted by Crippen LogP contribution is 2.39. The van der Waals surface area contributed by atoms with E-state index < -0.39 is 6.03 Å². The molecular formula is C30H33N5O4. The Balaban J connectivity index is 1.29. The SMILES string of the molecule is COc1cccc(NC(=O)Nc2cc(C(=O)N3CCCC3)ccc2N2C[C@H]3C[C@@H](C2)c2cccc(=O)n2C3)c1. The summed E-state index contributed by atoms with van der Waals surface area (Å²) in [6.45, 7) is 3.70. The number of amides is 3. The van der Waals surface area contributed by atoms with Crippen LogP contribution in [0.1, 0.15) is 41.2 Å². The molecule has 0 unspecified atom stereocenters. The molecule has 3 aliphatic heterocycles. The summed E-state index contributed by atoms with van der Waals surface area (Å²) >= 11 is 0. The number of carbonyl (C=O) groups excluding carboxylic acids is 2. The van der Waals surface area contributed by atoms with Crippen molar-refractivity contribution in [2.45, 2.75) is 31.7 Å². The first kappa shape index (κ1) is 25.0. The van der Waals surface area contributed by atoms with E-state index in [0.29, 0.717) is 35.2 Å². The molecule has 3 aliphatic rings. The smallest absolute Gasteiger partial charge is 0.323 e. The van der Waals surface area contributed by atoms with Crippen LogP contribution in [0, 0.1) is 5.92 Å². The van der Waals surface area contributed by atoms with Crippen molar-refractivity contribution in [2.75, 3.05) is 48.8 Å². The summed E-state index contributed by atoms with van der Waals surface area (Å²) in [6.07, 6.45) is 3.06. The van der Waals surface area contributed by atoms with Crippen molar-refractivity contribution in [3.05, 3.63) is 82.3 Å². The molecule has 3 amide bonds. The van der Waals surface area contributed by atoms with Crippen LogP contribution in [0.25, 0.3) is 0 Å². The van der Waals surface area contributed by atoms with Crippen molar-refractivity contribution in [1.82, 2.24) is 9.47 Å². The maximum Gasteiger partial charge on any atom is 0.323 e. The first-order valence-corrected chi connectivity index (χ1v) is 13.6. The number of methoxy groups -OCH3 is 1. The van der Waals surface area contributed by atoms with Gasteiger partial charge in [-0.05, 0) is 61.6 Å². The van der Waals surface area contributed by atoms with E-state index in [4.69, 9.17) is 4.74 Å². The zero-order valence-corrected chi connectivity index (χ0v) is 22.1. The Morgan fingerprint density at radius 1 is 0.923 bits per heavy atom. The standard InChI is InChI=1S/C30H33N5O4/c1-39-24-7-4-6-23(16-24)31-30(38)32-25-15-21(29(37)33-12-2-3-13-33)10-11-27(25)34-17-20-14-22(19-34)26-8-5-9-28(36)35(26)18-20/h4-11,15-16,20,22H,2-3,12-14,17-19H2,1H3,(H2,31,32,38)/t20-,22+/m1/s1. The van der Waals surface area contributed by atoms with Crippen LogP contribution in [-0.4, -0.2) is 54.7 Å². The van der Waals surface area contributed by atoms with Gasteiger partial charge in [-0.25, -0.2) is 4.79 Å². The maximum atomic E-state index is 13.2. The number of hydrogen-bond acceptors (Lipinski definition) is 5. The summed E-state index contributed by atoms with van der Waals surface area (Å²) in [7, 11) is 1.58. The molecule has 0 saturated carbocycles. The monoisotopic (exact) mass is 527 g/mol. The highest BCUT2D eigenvalue weighted by atomic mass is 16.5. The summed E-state index contributed by atoms with van der Waals surface area (Å²) in [5.74, 6) is 1.17. The third-order valence-corrected chi connectivity index (χ3v) is 8.03. The van der Waals surface area contributed by atoms with Gasteiger partial charge in [0.05, 0.1) is 18.5 Å². The predicted molar refractivity (Wildman–Crippen MR) is 151 cm³/mol. The van der Waals surface area contributed by atoms with Crippen molar-refractivity contribution in [3.63, 3.8) is 0 Å². The minimum atomic E-state index is -0.399. The predicted octanol–water partition coefficient (Wildman–Crippen LogP) is 4.36. The number of nitrogens with zero attached hydrogens (tertiary/aromatic N) is 3. The van der Waals surface area contributed by atoms with Crippen LogP contribution in [0.3, 0.4) is 0 Å². The molecule has 2 atom stereocenters. The molecule has 0 radical (unpaired) electrons. The van der Waals surface area contributed by atoms with E-state index in [1.165, 1.54) is 0 Å². The normalized spacial score (nSPS) is 19.8. The van der Waals surface area contributed by atoms with Crippen molar-refractivity contribution < 1.29 is 14.3 Å². The summed E-state index contributed by atoms with van der Waals surface area (Å²) in [6, 6.07) is 17.9. The number of likely N-dealkylation sites (tertiary alicyclic amines) is 1. The lowest BCUT2D eigenvalue weighted by atomic mass is 9.83. The van der Waals surface area contributed by atoms with Gasteiger partial charge in [0.1, 0.15) is 5.75 Å². The Bertz CT molecular complexity index is 1460. The Kier molecular flexibility index (Phi) is 6.72. The van der Waals surface area contributed by atoms with Gasteiger partial charge in [-0.1, -0.05) is 12.1 Å². The lowest BCUT2D eigenvalue weighted by molar-refractivity contribution is 0.0793. The van der Waals surface area contributed by atoms with E-state index in [1.54, 1.807) is 31.4 Å². The molecular weight excluding hydrogens is 494 g/mol. The molecule has 6 rings (SSSR count). The Morgan fingerprint density at radius 2 is 1.74 bits per heavy atom. The first-order valence-electron chi connectivity index (χ1n) is 13.6. The minimum Gasteiger partial charge on any atom is -0.497 e. The van der Waals surface area contributed by atoms with E-state index >= 15 is 0 Å². The molecule has 2 N–H and O–H groups in total. The molecule has 0 spiro atoms. The molecule has 2 bridgehead atoms. The van der Waals surface area contributed by atoms with Gasteiger partial charge in [0.25, 0.3) is 11.5 Å². The number of rotatable bonds is 5. The number of benzene rings is 2. The molecule has 4 heterocycles. The van der Waals surface area contributed by atoms with Gasteiger partial charge in [0.2, 0.25) is 0 Å². The Hall–Kier alpha value is -4.27. The zero-order chi connectivity index (χ0) is 26.9. The quantitative estimate of drug-likeness (QED) is 0.514. The number of piperidine rings is 1. The molecule has 202 valence electrons. The molecule has 2 aromatic carbocycles. The van der Waals surface area contributed by atoms with Crippen LogP contribution < -0.4 is 25.8 Å². The van der Waals surface area contributed by atoms with Crippen molar-refractivity contribution in [2.24, 2.45) is 5.92 Å². The van der Waals surface area contributed by atoms with E-state index in [2.05, 4.69) is 15.5 Å². The second kappa shape index (κ2) is 10.5. The molecule has 0 aliphatic carbocycles. The van der Waals surface area contributed by atoms with E-state index in [-0.39, 0.29) is 17.4 Å². The van der Waals surface area contributed by atoms with Gasteiger partial charge in [0, 0.05) is 67.7 Å². The number of nitrogens with one attached hydrogen (secondary N) is 2. The fraction of sp³-hybridized carbons (Fsp3) is 0.367. The third-order valence-electron chi connectivity index (χ3n) is 8.03. The lowest BCUT2D eigenvalue weighted by Gasteiger charge is -2.44. The minimum absolute atomic E-state index is 0.0147. The van der Waals surface area contributed by atoms with Crippen LogP contribution >= 0.6 is 0 Å². The first-order chi connectivity index (χ1) is 19.0. The molecule has 2 fully saturated rings. The van der Waals surface area contributed by atoms with Gasteiger partial charge in [0.15, 0.2) is 0 Å². The van der Waals surface area contributed by atoms with Crippen LogP contribution in [0.5, 0.6) is 5.75 Å². The number of fused-ring (bicyclic) bond motifs is 4. The zero-order valence-electron chi connectivity index (χ0n) is 22.1. The van der Waals surface area contributed by atoms with Gasteiger partial charge >= 0.3 is 6.03 Å². The highest BCUT2D eigenvalue weighted by molar-refractivity contribution is 6.04. The maximum absolute atomic E-state index is 13.2. The molecule has 3 aromatic rings. The molecule has 9 heteroatoms. The van der Waals surface area contributed by atoms with E-state index in [0.717, 1.165) is 56.8 Å². The van der Waals surface area contributed by atoms with Crippen LogP contribution in [0.15, 0.2) is 65.5 Å². The molecule has 1 aromatic heterocycles. The lowest BCUT2D eigenvalue weighted by Crippen LogP contribution is -2.47. The number of anilines is 3. The van der Waals surface area contributed by atoms with Gasteiger partial charge < -0.3 is 29.7 Å². The van der Waals surface area contributed by atoms with Gasteiger partial charge in [-0.2, -0.15) is 0 Å². The summed E-state index contributed by atoms with van der Waals surface area (Å²) in [4.78, 5) is 43.0. The van der Waals surface area contributed by atoms with Crippen molar-refractivity contribution in [1.29, 1.82) is 0 Å². The van der Waals surface area contributed by atoms with Gasteiger partial charge in [-0.3, -0.25) is 9.59 Å². The number of carbonyl (C=O) groups is 2. The highest BCUT2D eigenvalue weighted by Gasteiger charge is 2.35. The molecule has 2 saturated heterocycles. The fourth-order valence-electron chi connectivity index (χ4n) is 6.23. The molecule has 9 nitrogen and oxygen atoms in total. The van der Waals surface area contributed by atoms with Crippen molar-refractivity contribution in [3.8, 4) is 5.75 Å². The Labute approximate surface area is 227 Å². The average Bonchev–Trinajstić information content (AvgIpc) is 3.48. The van der Waals surface area contributed by atoms with Crippen LogP contribution in [0.4, 0.5) is 21.9 Å².